The fourth-order valence-corrected chi connectivity index (χ4v) is 1.11. The Morgan fingerprint density at radius 2 is 2.47 bits per heavy atom. The van der Waals surface area contributed by atoms with Crippen molar-refractivity contribution in [1.29, 1.82) is 0 Å². The number of thiocarbonyl (C=S) groups is 1. The summed E-state index contributed by atoms with van der Waals surface area (Å²) in [6, 6.07) is -0.205. The summed E-state index contributed by atoms with van der Waals surface area (Å²) >= 11 is 4.83. The zero-order valence-electron chi connectivity index (χ0n) is 8.64. The molecule has 0 spiro atoms. The van der Waals surface area contributed by atoms with Gasteiger partial charge in [-0.2, -0.15) is 5.10 Å². The Bertz CT molecular complexity index is 375. The highest BCUT2D eigenvalue weighted by atomic mass is 32.1. The zero-order valence-corrected chi connectivity index (χ0v) is 9.45. The largest absolute Gasteiger partial charge is 0.462 e. The topological polar surface area (TPSA) is 70.1 Å². The minimum atomic E-state index is -0.390. The molecule has 1 rings (SSSR count). The van der Waals surface area contributed by atoms with E-state index in [1.807, 2.05) is 6.92 Å². The molecule has 82 valence electrons. The van der Waals surface area contributed by atoms with E-state index in [1.54, 1.807) is 13.1 Å². The summed E-state index contributed by atoms with van der Waals surface area (Å²) in [5.41, 5.74) is 5.87. The van der Waals surface area contributed by atoms with Gasteiger partial charge in [-0.15, -0.1) is 0 Å². The molecular weight excluding hydrogens is 214 g/mol. The van der Waals surface area contributed by atoms with E-state index in [9.17, 15) is 4.79 Å². The Balaban J connectivity index is 2.80. The Hall–Kier alpha value is -1.43. The molecule has 1 unspecified atom stereocenters. The molecule has 0 aliphatic rings. The predicted molar refractivity (Wildman–Crippen MR) is 59.7 cm³/mol. The fraction of sp³-hybridized carbons (Fsp3) is 0.444. The van der Waals surface area contributed by atoms with Gasteiger partial charge in [0.1, 0.15) is 0 Å². The SMILES string of the molecule is CCOC(=O)c1cnn(C(C)C(N)=S)c1. The number of carbonyl (C=O) groups excluding carboxylic acids is 1. The third kappa shape index (κ3) is 2.76. The smallest absolute Gasteiger partial charge is 0.341 e. The van der Waals surface area contributed by atoms with Crippen LogP contribution in [0.25, 0.3) is 0 Å². The number of aromatic nitrogens is 2. The maximum absolute atomic E-state index is 11.3. The lowest BCUT2D eigenvalue weighted by molar-refractivity contribution is 0.0526. The van der Waals surface area contributed by atoms with Crippen molar-refractivity contribution in [2.45, 2.75) is 19.9 Å². The van der Waals surface area contributed by atoms with Gasteiger partial charge in [-0.05, 0) is 13.8 Å². The van der Waals surface area contributed by atoms with E-state index in [0.717, 1.165) is 0 Å². The Kier molecular flexibility index (Phi) is 3.79. The number of ether oxygens (including phenoxy) is 1. The zero-order chi connectivity index (χ0) is 11.4. The van der Waals surface area contributed by atoms with Crippen LogP contribution < -0.4 is 5.73 Å². The molecule has 5 nitrogen and oxygen atoms in total. The second kappa shape index (κ2) is 4.88. The second-order valence-corrected chi connectivity index (χ2v) is 3.48. The highest BCUT2D eigenvalue weighted by Gasteiger charge is 2.13. The molecule has 0 aliphatic carbocycles. The molecule has 15 heavy (non-hydrogen) atoms. The van der Waals surface area contributed by atoms with Crippen molar-refractivity contribution in [3.8, 4) is 0 Å². The number of nitrogens with zero attached hydrogens (tertiary/aromatic N) is 2. The van der Waals surface area contributed by atoms with Gasteiger partial charge in [-0.25, -0.2) is 4.79 Å². The molecule has 2 N–H and O–H groups in total. The lowest BCUT2D eigenvalue weighted by Crippen LogP contribution is -2.22. The summed E-state index contributed by atoms with van der Waals surface area (Å²) in [5.74, 6) is -0.390. The molecule has 1 aromatic heterocycles. The molecule has 0 saturated carbocycles. The van der Waals surface area contributed by atoms with Crippen LogP contribution >= 0.6 is 12.2 Å². The molecule has 0 saturated heterocycles. The van der Waals surface area contributed by atoms with Gasteiger partial charge in [-0.3, -0.25) is 4.68 Å². The molecule has 0 bridgehead atoms. The van der Waals surface area contributed by atoms with Crippen LogP contribution in [0, 0.1) is 0 Å². The van der Waals surface area contributed by atoms with Gasteiger partial charge in [-0.1, -0.05) is 12.2 Å². The van der Waals surface area contributed by atoms with Crippen molar-refractivity contribution >= 4 is 23.2 Å². The van der Waals surface area contributed by atoms with E-state index in [1.165, 1.54) is 10.9 Å². The molecule has 6 heteroatoms. The minimum absolute atomic E-state index is 0.205. The first kappa shape index (κ1) is 11.6. The first-order valence-electron chi connectivity index (χ1n) is 4.56. The average Bonchev–Trinajstić information content (AvgIpc) is 2.65. The summed E-state index contributed by atoms with van der Waals surface area (Å²) < 4.78 is 6.36. The lowest BCUT2D eigenvalue weighted by atomic mass is 10.3. The molecule has 0 amide bonds. The fourth-order valence-electron chi connectivity index (χ4n) is 1.00. The Morgan fingerprint density at radius 3 is 3.00 bits per heavy atom. The van der Waals surface area contributed by atoms with Crippen LogP contribution in [-0.2, 0) is 4.74 Å². The van der Waals surface area contributed by atoms with Crippen molar-refractivity contribution in [3.05, 3.63) is 18.0 Å². The van der Waals surface area contributed by atoms with Gasteiger partial charge in [0, 0.05) is 6.20 Å². The monoisotopic (exact) mass is 227 g/mol. The number of carbonyl (C=O) groups is 1. The number of hydrogen-bond donors (Lipinski definition) is 1. The van der Waals surface area contributed by atoms with E-state index >= 15 is 0 Å². The summed E-state index contributed by atoms with van der Waals surface area (Å²) in [4.78, 5) is 11.6. The van der Waals surface area contributed by atoms with Gasteiger partial charge in [0.05, 0.1) is 29.4 Å². The van der Waals surface area contributed by atoms with Crippen LogP contribution in [0.15, 0.2) is 12.4 Å². The van der Waals surface area contributed by atoms with Crippen molar-refractivity contribution in [3.63, 3.8) is 0 Å². The second-order valence-electron chi connectivity index (χ2n) is 3.01. The highest BCUT2D eigenvalue weighted by molar-refractivity contribution is 7.80. The summed E-state index contributed by atoms with van der Waals surface area (Å²) in [7, 11) is 0. The van der Waals surface area contributed by atoms with Crippen LogP contribution in [0.5, 0.6) is 0 Å². The van der Waals surface area contributed by atoms with E-state index in [4.69, 9.17) is 22.7 Å². The molecule has 0 aromatic carbocycles. The van der Waals surface area contributed by atoms with Gasteiger partial charge < -0.3 is 10.5 Å². The molecule has 0 radical (unpaired) electrons. The van der Waals surface area contributed by atoms with Crippen LogP contribution in [0.4, 0.5) is 0 Å². The van der Waals surface area contributed by atoms with Crippen LogP contribution in [-0.4, -0.2) is 27.3 Å². The molecular formula is C9H13N3O2S. The van der Waals surface area contributed by atoms with Gasteiger partial charge in [0.2, 0.25) is 0 Å². The predicted octanol–water partition coefficient (Wildman–Crippen LogP) is 0.907. The molecule has 0 aliphatic heterocycles. The van der Waals surface area contributed by atoms with E-state index < -0.39 is 0 Å². The van der Waals surface area contributed by atoms with E-state index in [2.05, 4.69) is 5.10 Å². The van der Waals surface area contributed by atoms with Crippen LogP contribution in [0.2, 0.25) is 0 Å². The van der Waals surface area contributed by atoms with Gasteiger partial charge in [0.15, 0.2) is 0 Å². The van der Waals surface area contributed by atoms with E-state index in [0.29, 0.717) is 17.2 Å². The average molecular weight is 227 g/mol. The third-order valence-corrected chi connectivity index (χ3v) is 2.26. The van der Waals surface area contributed by atoms with Crippen molar-refractivity contribution in [2.24, 2.45) is 5.73 Å². The van der Waals surface area contributed by atoms with Crippen molar-refractivity contribution in [1.82, 2.24) is 9.78 Å². The highest BCUT2D eigenvalue weighted by Crippen LogP contribution is 2.07. The number of rotatable bonds is 4. The maximum Gasteiger partial charge on any atom is 0.341 e. The minimum Gasteiger partial charge on any atom is -0.462 e. The third-order valence-electron chi connectivity index (χ3n) is 1.92. The van der Waals surface area contributed by atoms with Gasteiger partial charge in [0.25, 0.3) is 0 Å². The number of nitrogens with two attached hydrogens (primary N) is 1. The lowest BCUT2D eigenvalue weighted by Gasteiger charge is -2.08. The van der Waals surface area contributed by atoms with Crippen LogP contribution in [0.3, 0.4) is 0 Å². The quantitative estimate of drug-likeness (QED) is 0.611. The first-order chi connectivity index (χ1) is 7.06. The molecule has 1 aromatic rings. The van der Waals surface area contributed by atoms with Gasteiger partial charge >= 0.3 is 5.97 Å². The molecule has 0 fully saturated rings. The Morgan fingerprint density at radius 1 is 1.80 bits per heavy atom. The summed E-state index contributed by atoms with van der Waals surface area (Å²) in [5, 5.41) is 3.99. The van der Waals surface area contributed by atoms with Crippen molar-refractivity contribution < 1.29 is 9.53 Å². The molecule has 1 atom stereocenters. The van der Waals surface area contributed by atoms with Crippen LogP contribution in [0.1, 0.15) is 30.2 Å². The molecule has 1 heterocycles. The maximum atomic E-state index is 11.3. The van der Waals surface area contributed by atoms with Crippen molar-refractivity contribution in [2.75, 3.05) is 6.61 Å². The standard InChI is InChI=1S/C9H13N3O2S/c1-3-14-9(13)7-4-11-12(5-7)6(2)8(10)15/h4-6H,3H2,1-2H3,(H2,10,15). The number of esters is 1. The Labute approximate surface area is 93.2 Å². The number of hydrogen-bond acceptors (Lipinski definition) is 4. The normalized spacial score (nSPS) is 12.1. The van der Waals surface area contributed by atoms with E-state index in [-0.39, 0.29) is 12.0 Å². The summed E-state index contributed by atoms with van der Waals surface area (Å²) in [6.45, 7) is 3.90. The first-order valence-corrected chi connectivity index (χ1v) is 4.97. The summed E-state index contributed by atoms with van der Waals surface area (Å²) in [6.07, 6.45) is 3.01.